The average Bonchev–Trinajstić information content (AvgIpc) is 3.00. The van der Waals surface area contributed by atoms with Gasteiger partial charge in [-0.1, -0.05) is 79.9 Å². The Morgan fingerprint density at radius 3 is 2.58 bits per heavy atom. The number of benzene rings is 2. The molecule has 1 heterocycles. The molecule has 0 bridgehead atoms. The van der Waals surface area contributed by atoms with E-state index in [1.54, 1.807) is 0 Å². The van der Waals surface area contributed by atoms with E-state index in [2.05, 4.69) is 73.9 Å². The number of hydrogen-bond donors (Lipinski definition) is 0. The lowest BCUT2D eigenvalue weighted by Gasteiger charge is -2.09. The summed E-state index contributed by atoms with van der Waals surface area (Å²) in [5.41, 5.74) is 4.53. The van der Waals surface area contributed by atoms with Crippen LogP contribution in [0, 0.1) is 0 Å². The summed E-state index contributed by atoms with van der Waals surface area (Å²) >= 11 is 1.87. The van der Waals surface area contributed by atoms with E-state index in [4.69, 9.17) is 0 Å². The van der Waals surface area contributed by atoms with Crippen LogP contribution in [0.2, 0.25) is 0 Å². The van der Waals surface area contributed by atoms with Crippen molar-refractivity contribution in [1.82, 2.24) is 0 Å². The average molecular weight is 326 g/mol. The van der Waals surface area contributed by atoms with Gasteiger partial charge in [-0.15, -0.1) is 11.3 Å². The third kappa shape index (κ3) is 2.57. The fourth-order valence-electron chi connectivity index (χ4n) is 3.10. The van der Waals surface area contributed by atoms with E-state index in [9.17, 15) is 0 Å². The zero-order valence-corrected chi connectivity index (χ0v) is 14.3. The number of allylic oxidation sites excluding steroid dienone is 8. The van der Waals surface area contributed by atoms with Gasteiger partial charge in [0.25, 0.3) is 0 Å². The number of hydrogen-bond acceptors (Lipinski definition) is 1. The predicted octanol–water partition coefficient (Wildman–Crippen LogP) is 7.07. The molecule has 0 spiro atoms. The van der Waals surface area contributed by atoms with Crippen molar-refractivity contribution >= 4 is 37.1 Å². The Hall–Kier alpha value is -2.64. The molecule has 0 amide bonds. The SMILES string of the molecule is C=C1/C=C\C=C/C/C(c2cccc3c2sc2ccccc23)=C\C1=C. The highest BCUT2D eigenvalue weighted by molar-refractivity contribution is 7.26. The minimum absolute atomic E-state index is 0.893. The second-order valence-corrected chi connectivity index (χ2v) is 7.04. The van der Waals surface area contributed by atoms with E-state index in [0.717, 1.165) is 17.6 Å². The molecule has 1 heteroatoms. The van der Waals surface area contributed by atoms with Crippen molar-refractivity contribution in [2.24, 2.45) is 0 Å². The summed E-state index contributed by atoms with van der Waals surface area (Å²) in [6, 6.07) is 15.2. The molecule has 0 saturated heterocycles. The molecule has 0 nitrogen and oxygen atoms in total. The van der Waals surface area contributed by atoms with E-state index in [1.807, 2.05) is 23.5 Å². The Morgan fingerprint density at radius 2 is 1.67 bits per heavy atom. The number of thiophene rings is 1. The van der Waals surface area contributed by atoms with Gasteiger partial charge in [0.05, 0.1) is 0 Å². The van der Waals surface area contributed by atoms with Crippen LogP contribution in [0.3, 0.4) is 0 Å². The Bertz CT molecular complexity index is 1050. The fraction of sp³-hybridized carbons (Fsp3) is 0.0435. The van der Waals surface area contributed by atoms with Crippen molar-refractivity contribution in [1.29, 1.82) is 0 Å². The molecule has 1 aliphatic carbocycles. The highest BCUT2D eigenvalue weighted by atomic mass is 32.1. The highest BCUT2D eigenvalue weighted by Gasteiger charge is 2.11. The first kappa shape index (κ1) is 14.9. The normalized spacial score (nSPS) is 20.2. The maximum Gasteiger partial charge on any atom is 0.0430 e. The minimum Gasteiger partial charge on any atom is -0.135 e. The van der Waals surface area contributed by atoms with Gasteiger partial charge in [-0.3, -0.25) is 0 Å². The Kier molecular flexibility index (Phi) is 3.79. The van der Waals surface area contributed by atoms with Gasteiger partial charge >= 0.3 is 0 Å². The van der Waals surface area contributed by atoms with Crippen LogP contribution in [-0.4, -0.2) is 0 Å². The van der Waals surface area contributed by atoms with Gasteiger partial charge in [-0.2, -0.15) is 0 Å². The second kappa shape index (κ2) is 6.10. The van der Waals surface area contributed by atoms with Crippen LogP contribution in [0.4, 0.5) is 0 Å². The predicted molar refractivity (Wildman–Crippen MR) is 108 cm³/mol. The molecule has 1 aromatic heterocycles. The summed E-state index contributed by atoms with van der Waals surface area (Å²) in [4.78, 5) is 0. The molecule has 0 atom stereocenters. The molecule has 3 aromatic rings. The lowest BCUT2D eigenvalue weighted by Crippen LogP contribution is -1.87. The highest BCUT2D eigenvalue weighted by Crippen LogP contribution is 2.39. The first-order valence-corrected chi connectivity index (χ1v) is 8.88. The fourth-order valence-corrected chi connectivity index (χ4v) is 4.35. The van der Waals surface area contributed by atoms with Crippen LogP contribution in [0.1, 0.15) is 12.0 Å². The molecule has 0 radical (unpaired) electrons. The zero-order chi connectivity index (χ0) is 16.5. The Balaban J connectivity index is 1.95. The van der Waals surface area contributed by atoms with Crippen LogP contribution < -0.4 is 0 Å². The van der Waals surface area contributed by atoms with Gasteiger partial charge in [-0.05, 0) is 34.8 Å². The van der Waals surface area contributed by atoms with E-state index in [1.165, 1.54) is 31.3 Å². The monoisotopic (exact) mass is 326 g/mol. The summed E-state index contributed by atoms with van der Waals surface area (Å²) in [6.45, 7) is 8.29. The lowest BCUT2D eigenvalue weighted by atomic mass is 9.97. The van der Waals surface area contributed by atoms with E-state index >= 15 is 0 Å². The van der Waals surface area contributed by atoms with Gasteiger partial charge in [0.2, 0.25) is 0 Å². The molecular weight excluding hydrogens is 308 g/mol. The van der Waals surface area contributed by atoms with Gasteiger partial charge in [0.15, 0.2) is 0 Å². The van der Waals surface area contributed by atoms with E-state index in [-0.39, 0.29) is 0 Å². The maximum atomic E-state index is 4.19. The van der Waals surface area contributed by atoms with Crippen molar-refractivity contribution in [3.8, 4) is 0 Å². The molecule has 116 valence electrons. The minimum atomic E-state index is 0.893. The maximum absolute atomic E-state index is 4.19. The summed E-state index contributed by atoms with van der Waals surface area (Å²) in [7, 11) is 0. The van der Waals surface area contributed by atoms with Gasteiger partial charge in [0.1, 0.15) is 0 Å². The number of fused-ring (bicyclic) bond motifs is 3. The van der Waals surface area contributed by atoms with Crippen molar-refractivity contribution < 1.29 is 0 Å². The summed E-state index contributed by atoms with van der Waals surface area (Å²) in [5.74, 6) is 0. The largest absolute Gasteiger partial charge is 0.135 e. The molecule has 0 aliphatic heterocycles. The van der Waals surface area contributed by atoms with Crippen LogP contribution in [0.25, 0.3) is 25.7 Å². The van der Waals surface area contributed by atoms with Gasteiger partial charge in [-0.25, -0.2) is 0 Å². The zero-order valence-electron chi connectivity index (χ0n) is 13.5. The van der Waals surface area contributed by atoms with Gasteiger partial charge < -0.3 is 0 Å². The molecule has 0 unspecified atom stereocenters. The molecule has 4 rings (SSSR count). The smallest absolute Gasteiger partial charge is 0.0430 e. The molecule has 0 N–H and O–H groups in total. The third-order valence-electron chi connectivity index (χ3n) is 4.39. The van der Waals surface area contributed by atoms with Gasteiger partial charge in [0, 0.05) is 20.2 Å². The third-order valence-corrected chi connectivity index (χ3v) is 5.61. The van der Waals surface area contributed by atoms with Crippen molar-refractivity contribution in [2.75, 3.05) is 0 Å². The molecule has 24 heavy (non-hydrogen) atoms. The summed E-state index contributed by atoms with van der Waals surface area (Å²) in [6.07, 6.45) is 11.4. The molecule has 0 fully saturated rings. The summed E-state index contributed by atoms with van der Waals surface area (Å²) < 4.78 is 2.69. The van der Waals surface area contributed by atoms with Crippen LogP contribution in [0.15, 0.2) is 97.1 Å². The Morgan fingerprint density at radius 1 is 0.833 bits per heavy atom. The van der Waals surface area contributed by atoms with Crippen molar-refractivity contribution in [2.45, 2.75) is 6.42 Å². The number of rotatable bonds is 1. The van der Waals surface area contributed by atoms with Crippen LogP contribution in [-0.2, 0) is 0 Å². The van der Waals surface area contributed by atoms with Crippen LogP contribution >= 0.6 is 11.3 Å². The molecular formula is C23H18S. The second-order valence-electron chi connectivity index (χ2n) is 5.99. The van der Waals surface area contributed by atoms with Crippen LogP contribution in [0.5, 0.6) is 0 Å². The standard InChI is InChI=1S/C23H18S/c1-16-9-4-3-5-10-18(15-17(16)2)19-12-8-13-21-20-11-6-7-14-22(20)24-23(19)21/h3-9,11-15H,1-2,10H2/b5-3-,9-4-,18-15+. The van der Waals surface area contributed by atoms with Crippen molar-refractivity contribution in [3.63, 3.8) is 0 Å². The molecule has 1 aliphatic rings. The first-order chi connectivity index (χ1) is 11.7. The summed E-state index contributed by atoms with van der Waals surface area (Å²) in [5, 5.41) is 2.67. The van der Waals surface area contributed by atoms with E-state index in [0.29, 0.717) is 0 Å². The van der Waals surface area contributed by atoms with Crippen molar-refractivity contribution in [3.05, 3.63) is 103 Å². The molecule has 2 aromatic carbocycles. The Labute approximate surface area is 146 Å². The quantitative estimate of drug-likeness (QED) is 0.449. The lowest BCUT2D eigenvalue weighted by molar-refractivity contribution is 1.40. The van der Waals surface area contributed by atoms with E-state index < -0.39 is 0 Å². The molecule has 0 saturated carbocycles. The topological polar surface area (TPSA) is 0 Å². The first-order valence-electron chi connectivity index (χ1n) is 8.06.